The molecule has 2 aromatic rings. The van der Waals surface area contributed by atoms with Crippen LogP contribution in [0.4, 0.5) is 8.78 Å². The molecule has 1 fully saturated rings. The molecule has 0 spiro atoms. The van der Waals surface area contributed by atoms with E-state index in [0.29, 0.717) is 14.5 Å². The van der Waals surface area contributed by atoms with Crippen LogP contribution in [0.15, 0.2) is 45.3 Å². The molecular formula is C24H24Br2F2I8O3. The summed E-state index contributed by atoms with van der Waals surface area (Å²) in [5, 5.41) is 0. The molecule has 0 amide bonds. The van der Waals surface area contributed by atoms with Gasteiger partial charge in [0.05, 0.1) is 17.7 Å². The van der Waals surface area contributed by atoms with E-state index in [1.54, 1.807) is 25.1 Å². The first kappa shape index (κ1) is 44.8. The molecule has 0 atom stereocenters. The van der Waals surface area contributed by atoms with E-state index in [1.807, 2.05) is 0 Å². The Hall–Kier alpha value is 3.65. The van der Waals surface area contributed by atoms with Gasteiger partial charge >= 0.3 is 123 Å². The van der Waals surface area contributed by atoms with Crippen molar-refractivity contribution in [3.63, 3.8) is 0 Å². The maximum absolute atomic E-state index is 13.2. The van der Waals surface area contributed by atoms with E-state index in [9.17, 15) is 13.6 Å². The second-order valence-corrected chi connectivity index (χ2v) is 154. The summed E-state index contributed by atoms with van der Waals surface area (Å²) in [5.41, 5.74) is 0.467. The van der Waals surface area contributed by atoms with Gasteiger partial charge in [-0.25, -0.2) is 13.6 Å². The molecule has 1 aliphatic heterocycles. The van der Waals surface area contributed by atoms with Crippen molar-refractivity contribution in [2.45, 2.75) is 27.2 Å². The van der Waals surface area contributed by atoms with E-state index < -0.39 is 11.8 Å². The van der Waals surface area contributed by atoms with Gasteiger partial charge in [-0.1, -0.05) is 51.1 Å². The van der Waals surface area contributed by atoms with Crippen molar-refractivity contribution >= 4 is 155 Å². The van der Waals surface area contributed by atoms with E-state index in [2.05, 4.69) is 147 Å². The molecule has 0 unspecified atom stereocenters. The van der Waals surface area contributed by atoms with E-state index in [0.717, 1.165) is 13.2 Å². The minimum absolute atomic E-state index is 0. The Kier molecular flexibility index (Phi) is 32.1. The van der Waals surface area contributed by atoms with Crippen molar-refractivity contribution in [1.82, 2.24) is 0 Å². The number of halogens is 12. The molecule has 222 valence electrons. The quantitative estimate of drug-likeness (QED) is 0.175. The van der Waals surface area contributed by atoms with Gasteiger partial charge in [0.15, 0.2) is 0 Å². The number of hydrogen-bond donors (Lipinski definition) is 0. The molecule has 39 heavy (non-hydrogen) atoms. The number of carbonyl (C=O) groups is 1. The molecule has 0 radical (unpaired) electrons. The molecule has 2 aromatic carbocycles. The zero-order valence-corrected chi connectivity index (χ0v) is 39.8. The first-order valence-corrected chi connectivity index (χ1v) is 55.6. The van der Waals surface area contributed by atoms with Crippen molar-refractivity contribution < 1.29 is 23.0 Å². The third kappa shape index (κ3) is 23.6. The van der Waals surface area contributed by atoms with Crippen LogP contribution in [0, 0.1) is 35.8 Å². The summed E-state index contributed by atoms with van der Waals surface area (Å²) in [6.45, 7) is 3.94. The Bertz CT molecular complexity index is 1090. The standard InChI is InChI=1S/C11H8BrFO2.C8H4BrF.C4H8O.CH4.I8/c1-2-15-11(14)6-4-8-3-5-9(12)7-10(8)13;1-2-6-3-4-7(9)5-8(6)10;1-2-4-5-3-1;;1-6(2)8(5)7(3)4/h3,5,7H,2H2,1H3;1,3-5H;1-4H2;1H4;. The number of rotatable bonds is 3. The maximum atomic E-state index is 13.2. The predicted octanol–water partition coefficient (Wildman–Crippen LogP) is 13.6. The summed E-state index contributed by atoms with van der Waals surface area (Å²) >= 11 is 19.9. The summed E-state index contributed by atoms with van der Waals surface area (Å²) in [6, 6.07) is 9.03. The summed E-state index contributed by atoms with van der Waals surface area (Å²) in [7, 11) is -0.942. The van der Waals surface area contributed by atoms with Crippen molar-refractivity contribution in [3.05, 3.63) is 68.1 Å². The molecule has 0 saturated carbocycles. The van der Waals surface area contributed by atoms with Crippen molar-refractivity contribution in [1.29, 1.82) is 0 Å². The van der Waals surface area contributed by atoms with Gasteiger partial charge in [0.1, 0.15) is 11.6 Å². The normalized spacial score (nSPS) is 12.0. The predicted molar refractivity (Wildman–Crippen MR) is 239 cm³/mol. The fourth-order valence-corrected chi connectivity index (χ4v) is 422. The van der Waals surface area contributed by atoms with Crippen molar-refractivity contribution in [2.24, 2.45) is 0 Å². The number of ether oxygens (including phenoxy) is 2. The summed E-state index contributed by atoms with van der Waals surface area (Å²) in [6.07, 6.45) is 7.55. The van der Waals surface area contributed by atoms with Gasteiger partial charge in [-0.2, -0.15) is 0 Å². The molecule has 3 rings (SSSR count). The van der Waals surface area contributed by atoms with Crippen LogP contribution in [0.3, 0.4) is 0 Å². The van der Waals surface area contributed by atoms with Crippen LogP contribution in [0.2, 0.25) is 0 Å². The Balaban J connectivity index is 0. The Morgan fingerprint density at radius 3 is 1.74 bits per heavy atom. The minimum atomic E-state index is -0.653. The second kappa shape index (κ2) is 27.9. The monoisotopic (exact) mass is 1570 g/mol. The molecule has 1 heterocycles. The van der Waals surface area contributed by atoms with Crippen LogP contribution < -0.4 is 0 Å². The van der Waals surface area contributed by atoms with E-state index >= 15 is 0 Å². The summed E-state index contributed by atoms with van der Waals surface area (Å²) in [5.74, 6) is 5.34. The molecule has 0 aliphatic carbocycles. The zero-order valence-electron chi connectivity index (χ0n) is 19.3. The fourth-order valence-electron chi connectivity index (χ4n) is 2.02. The van der Waals surface area contributed by atoms with Crippen LogP contribution in [-0.4, -0.2) is 25.8 Å². The molecule has 0 bridgehead atoms. The number of hydrogen-bond acceptors (Lipinski definition) is 3. The molecule has 1 saturated heterocycles. The average Bonchev–Trinajstić information content (AvgIpc) is 3.44. The van der Waals surface area contributed by atoms with E-state index in [-0.39, 0.29) is 49.1 Å². The number of benzene rings is 2. The van der Waals surface area contributed by atoms with Crippen molar-refractivity contribution in [2.75, 3.05) is 19.8 Å². The average molecular weight is 1570 g/mol. The molecule has 1 aliphatic rings. The van der Waals surface area contributed by atoms with Gasteiger partial charge in [0, 0.05) is 28.1 Å². The Morgan fingerprint density at radius 1 is 0.974 bits per heavy atom. The third-order valence-corrected chi connectivity index (χ3v) is 335. The van der Waals surface area contributed by atoms with Crippen LogP contribution in [0.5, 0.6) is 0 Å². The van der Waals surface area contributed by atoms with Crippen LogP contribution in [0.1, 0.15) is 38.3 Å². The Labute approximate surface area is 309 Å². The number of carbonyl (C=O) groups excluding carboxylic acids is 1. The number of esters is 1. The molecule has 0 N–H and O–H groups in total. The van der Waals surface area contributed by atoms with Gasteiger partial charge in [-0.05, 0) is 56.2 Å². The molecule has 3 nitrogen and oxygen atoms in total. The molecular weight excluding hydrogens is 1550 g/mol. The summed E-state index contributed by atoms with van der Waals surface area (Å²) in [4.78, 5) is 10.9. The first-order chi connectivity index (χ1) is 17.9. The van der Waals surface area contributed by atoms with Crippen molar-refractivity contribution in [3.8, 4) is 24.2 Å². The van der Waals surface area contributed by atoms with E-state index in [1.165, 1.54) is 31.0 Å². The number of terminal acetylenes is 1. The van der Waals surface area contributed by atoms with Gasteiger partial charge in [-0.15, -0.1) is 6.42 Å². The van der Waals surface area contributed by atoms with Crippen LogP contribution in [0.25, 0.3) is 0 Å². The molecule has 15 heteroatoms. The Morgan fingerprint density at radius 2 is 1.44 bits per heavy atom. The third-order valence-electron chi connectivity index (χ3n) is 3.58. The SMILES string of the molecule is C.C#Cc1ccc(Br)cc1F.C1CCOC1.CCOC(=O)C#Cc1ccc(Br)cc1F.II(I)I(I)I(I)I. The summed E-state index contributed by atoms with van der Waals surface area (Å²) < 4.78 is 36.7. The molecule has 0 aromatic heterocycles. The second-order valence-electron chi connectivity index (χ2n) is 6.17. The van der Waals surface area contributed by atoms with Gasteiger partial charge in [-0.3, -0.25) is 0 Å². The van der Waals surface area contributed by atoms with Gasteiger partial charge in [0.2, 0.25) is 0 Å². The van der Waals surface area contributed by atoms with E-state index in [4.69, 9.17) is 11.2 Å². The first-order valence-electron chi connectivity index (χ1n) is 10.0. The zero-order chi connectivity index (χ0) is 29.1. The topological polar surface area (TPSA) is 35.5 Å². The fraction of sp³-hybridized carbons (Fsp3) is 0.292. The van der Waals surface area contributed by atoms with Gasteiger partial charge < -0.3 is 9.47 Å². The van der Waals surface area contributed by atoms with Crippen LogP contribution in [-0.2, 0) is 14.3 Å². The van der Waals surface area contributed by atoms with Crippen LogP contribution >= 0.6 is 149 Å². The van der Waals surface area contributed by atoms with Gasteiger partial charge in [0.25, 0.3) is 0 Å².